The minimum Gasteiger partial charge on any atom is -0.376 e. The van der Waals surface area contributed by atoms with Gasteiger partial charge in [0, 0.05) is 44.7 Å². The van der Waals surface area contributed by atoms with Crippen LogP contribution in [0.4, 0.5) is 16.2 Å². The molecule has 6 heteroatoms. The van der Waals surface area contributed by atoms with Crippen LogP contribution in [0.3, 0.4) is 0 Å². The molecule has 2 fully saturated rings. The number of urea groups is 1. The highest BCUT2D eigenvalue weighted by Gasteiger charge is 2.23. The molecule has 2 saturated heterocycles. The van der Waals surface area contributed by atoms with Gasteiger partial charge < -0.3 is 24.6 Å². The molecular formula is C19H29N3O3. The number of benzene rings is 1. The van der Waals surface area contributed by atoms with Crippen molar-refractivity contribution in [2.45, 2.75) is 45.0 Å². The highest BCUT2D eigenvalue weighted by Crippen LogP contribution is 2.22. The van der Waals surface area contributed by atoms with Gasteiger partial charge in [0.2, 0.25) is 0 Å². The van der Waals surface area contributed by atoms with Gasteiger partial charge in [0.05, 0.1) is 18.3 Å². The molecule has 1 aromatic rings. The number of anilines is 2. The molecule has 2 amide bonds. The molecule has 138 valence electrons. The molecule has 2 aliphatic heterocycles. The number of carbonyl (C=O) groups is 1. The van der Waals surface area contributed by atoms with Gasteiger partial charge in [-0.1, -0.05) is 0 Å². The summed E-state index contributed by atoms with van der Waals surface area (Å²) in [6.07, 6.45) is 2.75. The van der Waals surface area contributed by atoms with Gasteiger partial charge in [0.1, 0.15) is 0 Å². The third-order valence-corrected chi connectivity index (χ3v) is 4.75. The Morgan fingerprint density at radius 3 is 2.52 bits per heavy atom. The Bertz CT molecular complexity index is 562. The molecule has 0 aliphatic carbocycles. The number of rotatable bonds is 4. The van der Waals surface area contributed by atoms with Gasteiger partial charge in [0.25, 0.3) is 0 Å². The van der Waals surface area contributed by atoms with Crippen LogP contribution < -0.4 is 10.2 Å². The predicted octanol–water partition coefficient (Wildman–Crippen LogP) is 2.94. The smallest absolute Gasteiger partial charge is 0.321 e. The number of morpholine rings is 1. The first-order valence-electron chi connectivity index (χ1n) is 9.15. The molecule has 0 spiro atoms. The van der Waals surface area contributed by atoms with E-state index in [4.69, 9.17) is 9.47 Å². The van der Waals surface area contributed by atoms with E-state index >= 15 is 0 Å². The summed E-state index contributed by atoms with van der Waals surface area (Å²) in [4.78, 5) is 16.3. The molecule has 1 aromatic carbocycles. The lowest BCUT2D eigenvalue weighted by Gasteiger charge is -2.36. The van der Waals surface area contributed by atoms with Crippen molar-refractivity contribution in [3.05, 3.63) is 24.3 Å². The van der Waals surface area contributed by atoms with E-state index in [1.165, 1.54) is 0 Å². The van der Waals surface area contributed by atoms with Crippen LogP contribution in [0.1, 0.15) is 26.7 Å². The third kappa shape index (κ3) is 4.86. The number of nitrogens with one attached hydrogen (secondary N) is 1. The lowest BCUT2D eigenvalue weighted by atomic mass is 10.2. The molecule has 3 rings (SSSR count). The number of likely N-dealkylation sites (N-methyl/N-ethyl adjacent to an activating group) is 1. The van der Waals surface area contributed by atoms with Crippen LogP contribution in [0, 0.1) is 0 Å². The summed E-state index contributed by atoms with van der Waals surface area (Å²) in [5, 5.41) is 2.95. The molecule has 25 heavy (non-hydrogen) atoms. The second kappa shape index (κ2) is 8.06. The van der Waals surface area contributed by atoms with E-state index in [2.05, 4.69) is 36.2 Å². The maximum absolute atomic E-state index is 12.3. The monoisotopic (exact) mass is 347 g/mol. The molecule has 3 atom stereocenters. The fraction of sp³-hybridized carbons (Fsp3) is 0.632. The quantitative estimate of drug-likeness (QED) is 0.910. The minimum absolute atomic E-state index is 0.100. The lowest BCUT2D eigenvalue weighted by Crippen LogP contribution is -2.45. The fourth-order valence-corrected chi connectivity index (χ4v) is 3.54. The third-order valence-electron chi connectivity index (χ3n) is 4.75. The van der Waals surface area contributed by atoms with Crippen molar-refractivity contribution in [3.63, 3.8) is 0 Å². The summed E-state index contributed by atoms with van der Waals surface area (Å²) < 4.78 is 11.4. The Morgan fingerprint density at radius 1 is 1.24 bits per heavy atom. The lowest BCUT2D eigenvalue weighted by molar-refractivity contribution is -0.00521. The van der Waals surface area contributed by atoms with Crippen molar-refractivity contribution in [2.75, 3.05) is 43.5 Å². The normalized spacial score (nSPS) is 26.5. The van der Waals surface area contributed by atoms with Crippen molar-refractivity contribution < 1.29 is 14.3 Å². The summed E-state index contributed by atoms with van der Waals surface area (Å²) in [5.41, 5.74) is 1.97. The molecule has 0 aromatic heterocycles. The first kappa shape index (κ1) is 18.0. The summed E-state index contributed by atoms with van der Waals surface area (Å²) >= 11 is 0. The van der Waals surface area contributed by atoms with E-state index < -0.39 is 0 Å². The Kier molecular flexibility index (Phi) is 5.81. The molecule has 2 heterocycles. The van der Waals surface area contributed by atoms with E-state index in [1.54, 1.807) is 4.90 Å². The Labute approximate surface area is 150 Å². The number of carbonyl (C=O) groups excluding carboxylic acids is 1. The van der Waals surface area contributed by atoms with Gasteiger partial charge in [-0.2, -0.15) is 0 Å². The standard InChI is InChI=1S/C19H29N3O3/c1-14-11-22(12-15(2)25-14)17-8-6-16(7-9-17)20-19(23)21(3)13-18-5-4-10-24-18/h6-9,14-15,18H,4-5,10-13H2,1-3H3,(H,20,23)/t14-,15-,18-/m1/s1. The van der Waals surface area contributed by atoms with Gasteiger partial charge in [-0.15, -0.1) is 0 Å². The van der Waals surface area contributed by atoms with Crippen molar-refractivity contribution in [1.29, 1.82) is 0 Å². The Morgan fingerprint density at radius 2 is 1.92 bits per heavy atom. The SMILES string of the molecule is C[C@@H]1CN(c2ccc(NC(=O)N(C)C[C@H]3CCCO3)cc2)C[C@@H](C)O1. The van der Waals surface area contributed by atoms with Crippen LogP contribution in [0.25, 0.3) is 0 Å². The van der Waals surface area contributed by atoms with Crippen LogP contribution >= 0.6 is 0 Å². The summed E-state index contributed by atoms with van der Waals surface area (Å²) in [6, 6.07) is 7.92. The summed E-state index contributed by atoms with van der Waals surface area (Å²) in [5.74, 6) is 0. The van der Waals surface area contributed by atoms with E-state index in [0.29, 0.717) is 6.54 Å². The zero-order valence-electron chi connectivity index (χ0n) is 15.4. The van der Waals surface area contributed by atoms with Crippen molar-refractivity contribution >= 4 is 17.4 Å². The number of hydrogen-bond acceptors (Lipinski definition) is 4. The van der Waals surface area contributed by atoms with Crippen molar-refractivity contribution in [3.8, 4) is 0 Å². The van der Waals surface area contributed by atoms with Crippen LogP contribution in [0.15, 0.2) is 24.3 Å². The van der Waals surface area contributed by atoms with Crippen LogP contribution in [0.5, 0.6) is 0 Å². The average molecular weight is 347 g/mol. The molecule has 0 unspecified atom stereocenters. The van der Waals surface area contributed by atoms with Crippen molar-refractivity contribution in [2.24, 2.45) is 0 Å². The second-order valence-electron chi connectivity index (χ2n) is 7.15. The van der Waals surface area contributed by atoms with E-state index in [-0.39, 0.29) is 24.3 Å². The first-order chi connectivity index (χ1) is 12.0. The average Bonchev–Trinajstić information content (AvgIpc) is 3.07. The predicted molar refractivity (Wildman–Crippen MR) is 99.3 cm³/mol. The summed E-state index contributed by atoms with van der Waals surface area (Å²) in [6.45, 7) is 7.41. The first-order valence-corrected chi connectivity index (χ1v) is 9.15. The van der Waals surface area contributed by atoms with E-state index in [0.717, 1.165) is 43.9 Å². The molecule has 2 aliphatic rings. The van der Waals surface area contributed by atoms with Crippen LogP contribution in [-0.2, 0) is 9.47 Å². The molecule has 0 radical (unpaired) electrons. The Balaban J connectivity index is 1.54. The van der Waals surface area contributed by atoms with E-state index in [9.17, 15) is 4.79 Å². The number of ether oxygens (including phenoxy) is 2. The molecule has 0 bridgehead atoms. The van der Waals surface area contributed by atoms with Gasteiger partial charge in [-0.3, -0.25) is 0 Å². The van der Waals surface area contributed by atoms with E-state index in [1.807, 2.05) is 19.2 Å². The minimum atomic E-state index is -0.100. The highest BCUT2D eigenvalue weighted by molar-refractivity contribution is 5.89. The second-order valence-corrected chi connectivity index (χ2v) is 7.15. The number of amides is 2. The molecule has 1 N–H and O–H groups in total. The van der Waals surface area contributed by atoms with Crippen molar-refractivity contribution in [1.82, 2.24) is 4.90 Å². The highest BCUT2D eigenvalue weighted by atomic mass is 16.5. The maximum Gasteiger partial charge on any atom is 0.321 e. The largest absolute Gasteiger partial charge is 0.376 e. The molecule has 6 nitrogen and oxygen atoms in total. The molecular weight excluding hydrogens is 318 g/mol. The fourth-order valence-electron chi connectivity index (χ4n) is 3.54. The van der Waals surface area contributed by atoms with Gasteiger partial charge in [-0.05, 0) is 51.0 Å². The Hall–Kier alpha value is -1.79. The number of nitrogens with zero attached hydrogens (tertiary/aromatic N) is 2. The van der Waals surface area contributed by atoms with Gasteiger partial charge >= 0.3 is 6.03 Å². The van der Waals surface area contributed by atoms with Gasteiger partial charge in [-0.25, -0.2) is 4.79 Å². The molecule has 0 saturated carbocycles. The van der Waals surface area contributed by atoms with Crippen LogP contribution in [-0.4, -0.2) is 62.5 Å². The topological polar surface area (TPSA) is 54.0 Å². The summed E-state index contributed by atoms with van der Waals surface area (Å²) in [7, 11) is 1.81. The van der Waals surface area contributed by atoms with Crippen LogP contribution in [0.2, 0.25) is 0 Å². The van der Waals surface area contributed by atoms with Gasteiger partial charge in [0.15, 0.2) is 0 Å². The number of hydrogen-bond donors (Lipinski definition) is 1. The zero-order chi connectivity index (χ0) is 17.8. The zero-order valence-corrected chi connectivity index (χ0v) is 15.4. The maximum atomic E-state index is 12.3.